The number of rotatable bonds is 3. The Bertz CT molecular complexity index is 928. The van der Waals surface area contributed by atoms with Crippen LogP contribution >= 0.6 is 0 Å². The summed E-state index contributed by atoms with van der Waals surface area (Å²) in [6.07, 6.45) is 1.95. The molecule has 6 heteroatoms. The van der Waals surface area contributed by atoms with Crippen LogP contribution in [0.3, 0.4) is 0 Å². The van der Waals surface area contributed by atoms with E-state index < -0.39 is 0 Å². The standard InChI is InChI=1S/C17H13N5O/c18-16-15(20-23-21-16)17-19-14(12-7-3-1-4-8-12)11-22(17)13-9-5-2-6-10-13/h1-11H,(H2,18,21). The highest BCUT2D eigenvalue weighted by Gasteiger charge is 2.19. The van der Waals surface area contributed by atoms with Crippen LogP contribution in [0.15, 0.2) is 71.5 Å². The number of hydrogen-bond acceptors (Lipinski definition) is 5. The lowest BCUT2D eigenvalue weighted by molar-refractivity contribution is 0.310. The molecule has 0 amide bonds. The molecule has 0 aliphatic rings. The van der Waals surface area contributed by atoms with Crippen molar-refractivity contribution in [3.05, 3.63) is 66.9 Å². The lowest BCUT2D eigenvalue weighted by Gasteiger charge is -2.04. The molecule has 4 rings (SSSR count). The molecule has 0 saturated heterocycles. The highest BCUT2D eigenvalue weighted by molar-refractivity contribution is 5.70. The summed E-state index contributed by atoms with van der Waals surface area (Å²) in [5.74, 6) is 0.807. The zero-order chi connectivity index (χ0) is 15.6. The number of para-hydroxylation sites is 1. The first-order valence-corrected chi connectivity index (χ1v) is 7.11. The van der Waals surface area contributed by atoms with Gasteiger partial charge in [-0.25, -0.2) is 9.61 Å². The second-order valence-corrected chi connectivity index (χ2v) is 5.02. The second kappa shape index (κ2) is 5.42. The molecule has 0 aliphatic heterocycles. The van der Waals surface area contributed by atoms with Crippen molar-refractivity contribution >= 4 is 5.82 Å². The summed E-state index contributed by atoms with van der Waals surface area (Å²) in [6.45, 7) is 0. The van der Waals surface area contributed by atoms with E-state index in [0.29, 0.717) is 11.5 Å². The second-order valence-electron chi connectivity index (χ2n) is 5.02. The van der Waals surface area contributed by atoms with Gasteiger partial charge in [-0.05, 0) is 22.4 Å². The Balaban J connectivity index is 1.93. The molecule has 2 aromatic heterocycles. The third-order valence-electron chi connectivity index (χ3n) is 3.54. The quantitative estimate of drug-likeness (QED) is 0.628. The maximum atomic E-state index is 5.85. The van der Waals surface area contributed by atoms with E-state index >= 15 is 0 Å². The van der Waals surface area contributed by atoms with Gasteiger partial charge in [0.25, 0.3) is 0 Å². The maximum absolute atomic E-state index is 5.85. The van der Waals surface area contributed by atoms with Crippen molar-refractivity contribution in [1.82, 2.24) is 19.9 Å². The van der Waals surface area contributed by atoms with E-state index in [1.165, 1.54) is 0 Å². The van der Waals surface area contributed by atoms with E-state index in [2.05, 4.69) is 15.3 Å². The molecule has 2 aromatic carbocycles. The normalized spacial score (nSPS) is 10.8. The van der Waals surface area contributed by atoms with Crippen LogP contribution in [0.4, 0.5) is 5.82 Å². The Morgan fingerprint density at radius 3 is 2.22 bits per heavy atom. The van der Waals surface area contributed by atoms with Crippen molar-refractivity contribution in [2.45, 2.75) is 0 Å². The van der Waals surface area contributed by atoms with Gasteiger partial charge in [0.15, 0.2) is 17.3 Å². The van der Waals surface area contributed by atoms with Gasteiger partial charge in [0.1, 0.15) is 0 Å². The number of anilines is 1. The highest BCUT2D eigenvalue weighted by Crippen LogP contribution is 2.28. The predicted molar refractivity (Wildman–Crippen MR) is 86.7 cm³/mol. The number of hydrogen-bond donors (Lipinski definition) is 1. The summed E-state index contributed by atoms with van der Waals surface area (Å²) in [7, 11) is 0. The molecule has 23 heavy (non-hydrogen) atoms. The molecule has 0 aliphatic carbocycles. The zero-order valence-corrected chi connectivity index (χ0v) is 12.1. The number of benzene rings is 2. The Kier molecular flexibility index (Phi) is 3.12. The van der Waals surface area contributed by atoms with Crippen molar-refractivity contribution in [2.24, 2.45) is 0 Å². The summed E-state index contributed by atoms with van der Waals surface area (Å²) < 4.78 is 6.66. The van der Waals surface area contributed by atoms with Gasteiger partial charge < -0.3 is 5.73 Å². The third kappa shape index (κ3) is 2.36. The molecule has 0 spiro atoms. The van der Waals surface area contributed by atoms with E-state index in [0.717, 1.165) is 16.9 Å². The van der Waals surface area contributed by atoms with Crippen LogP contribution in [0, 0.1) is 0 Å². The van der Waals surface area contributed by atoms with Crippen molar-refractivity contribution in [2.75, 3.05) is 5.73 Å². The number of imidazole rings is 1. The monoisotopic (exact) mass is 303 g/mol. The van der Waals surface area contributed by atoms with Gasteiger partial charge >= 0.3 is 0 Å². The molecule has 0 radical (unpaired) electrons. The molecule has 112 valence electrons. The van der Waals surface area contributed by atoms with Crippen LogP contribution in [0.1, 0.15) is 0 Å². The smallest absolute Gasteiger partial charge is 0.199 e. The maximum Gasteiger partial charge on any atom is 0.199 e. The molecule has 0 saturated carbocycles. The molecule has 2 heterocycles. The van der Waals surface area contributed by atoms with Crippen molar-refractivity contribution < 1.29 is 4.63 Å². The van der Waals surface area contributed by atoms with Crippen LogP contribution in [-0.2, 0) is 0 Å². The first-order valence-electron chi connectivity index (χ1n) is 7.11. The lowest BCUT2D eigenvalue weighted by Crippen LogP contribution is -1.98. The number of nitrogens with two attached hydrogens (primary N) is 1. The van der Waals surface area contributed by atoms with Crippen LogP contribution in [0.25, 0.3) is 28.5 Å². The van der Waals surface area contributed by atoms with Gasteiger partial charge in [-0.3, -0.25) is 4.57 Å². The molecule has 0 atom stereocenters. The lowest BCUT2D eigenvalue weighted by atomic mass is 10.2. The molecule has 2 N–H and O–H groups in total. The van der Waals surface area contributed by atoms with Gasteiger partial charge in [-0.1, -0.05) is 48.5 Å². The van der Waals surface area contributed by atoms with Gasteiger partial charge in [0.05, 0.1) is 5.69 Å². The predicted octanol–water partition coefficient (Wildman–Crippen LogP) is 3.17. The van der Waals surface area contributed by atoms with Crippen LogP contribution in [-0.4, -0.2) is 19.9 Å². The summed E-state index contributed by atoms with van der Waals surface area (Å²) in [6, 6.07) is 19.8. The van der Waals surface area contributed by atoms with Gasteiger partial charge in [-0.15, -0.1) is 0 Å². The van der Waals surface area contributed by atoms with E-state index in [9.17, 15) is 0 Å². The van der Waals surface area contributed by atoms with Crippen molar-refractivity contribution in [3.63, 3.8) is 0 Å². The number of aromatic nitrogens is 4. The Morgan fingerprint density at radius 2 is 1.57 bits per heavy atom. The number of nitrogens with zero attached hydrogens (tertiary/aromatic N) is 4. The van der Waals surface area contributed by atoms with Crippen molar-refractivity contribution in [1.29, 1.82) is 0 Å². The molecule has 4 aromatic rings. The molecule has 0 bridgehead atoms. The number of nitrogen functional groups attached to an aromatic ring is 1. The third-order valence-corrected chi connectivity index (χ3v) is 3.54. The van der Waals surface area contributed by atoms with E-state index in [-0.39, 0.29) is 5.82 Å². The first kappa shape index (κ1) is 13.3. The van der Waals surface area contributed by atoms with Gasteiger partial charge in [-0.2, -0.15) is 0 Å². The minimum atomic E-state index is 0.215. The Labute approximate surface area is 132 Å². The van der Waals surface area contributed by atoms with Crippen molar-refractivity contribution in [3.8, 4) is 28.5 Å². The van der Waals surface area contributed by atoms with Crippen LogP contribution in [0.2, 0.25) is 0 Å². The van der Waals surface area contributed by atoms with E-state index in [1.807, 2.05) is 71.4 Å². The summed E-state index contributed by atoms with van der Waals surface area (Å²) >= 11 is 0. The minimum absolute atomic E-state index is 0.215. The van der Waals surface area contributed by atoms with Gasteiger partial charge in [0, 0.05) is 17.4 Å². The summed E-state index contributed by atoms with van der Waals surface area (Å²) in [5, 5.41) is 7.53. The fraction of sp³-hybridized carbons (Fsp3) is 0. The largest absolute Gasteiger partial charge is 0.379 e. The summed E-state index contributed by atoms with van der Waals surface area (Å²) in [4.78, 5) is 4.68. The molecule has 0 fully saturated rings. The minimum Gasteiger partial charge on any atom is -0.379 e. The average Bonchev–Trinajstić information content (AvgIpc) is 3.22. The Hall–Kier alpha value is -3.41. The first-order chi connectivity index (χ1) is 11.3. The fourth-order valence-corrected chi connectivity index (χ4v) is 2.43. The molecule has 0 unspecified atom stereocenters. The molecular formula is C17H13N5O. The average molecular weight is 303 g/mol. The zero-order valence-electron chi connectivity index (χ0n) is 12.1. The SMILES string of the molecule is Nc1nonc1-c1nc(-c2ccccc2)cn1-c1ccccc1. The van der Waals surface area contributed by atoms with Gasteiger partial charge in [0.2, 0.25) is 0 Å². The molecule has 6 nitrogen and oxygen atoms in total. The van der Waals surface area contributed by atoms with E-state index in [4.69, 9.17) is 10.4 Å². The van der Waals surface area contributed by atoms with Crippen LogP contribution in [0.5, 0.6) is 0 Å². The fourth-order valence-electron chi connectivity index (χ4n) is 2.43. The Morgan fingerprint density at radius 1 is 0.870 bits per heavy atom. The topological polar surface area (TPSA) is 82.8 Å². The van der Waals surface area contributed by atoms with Crippen LogP contribution < -0.4 is 5.73 Å². The summed E-state index contributed by atoms with van der Waals surface area (Å²) in [5.41, 5.74) is 9.07. The highest BCUT2D eigenvalue weighted by atomic mass is 16.6. The van der Waals surface area contributed by atoms with E-state index in [1.54, 1.807) is 0 Å². The molecular weight excluding hydrogens is 290 g/mol.